The summed E-state index contributed by atoms with van der Waals surface area (Å²) in [7, 11) is 0. The maximum Gasteiger partial charge on any atom is 0.197 e. The third-order valence-electron chi connectivity index (χ3n) is 7.96. The van der Waals surface area contributed by atoms with Gasteiger partial charge in [0, 0.05) is 30.6 Å². The van der Waals surface area contributed by atoms with Crippen LogP contribution in [0.5, 0.6) is 0 Å². The lowest BCUT2D eigenvalue weighted by Crippen LogP contribution is -2.22. The molecule has 0 saturated carbocycles. The Morgan fingerprint density at radius 3 is 1.62 bits per heavy atom. The average molecular weight is 767 g/mol. The third kappa shape index (κ3) is 6.84. The molecule has 0 aliphatic heterocycles. The summed E-state index contributed by atoms with van der Waals surface area (Å²) < 4.78 is 2.04. The van der Waals surface area contributed by atoms with Crippen molar-refractivity contribution in [1.82, 2.24) is 0 Å². The number of carbonyl (C=O) groups excluding carboxylic acids is 2. The monoisotopic (exact) mass is 764 g/mol. The quantitative estimate of drug-likeness (QED) is 0.106. The van der Waals surface area contributed by atoms with Crippen LogP contribution >= 0.6 is 77.2 Å². The largest absolute Gasteiger partial charge is 0.288 e. The normalized spacial score (nSPS) is 13.7. The lowest BCUT2D eigenvalue weighted by molar-refractivity contribution is 0.0980. The summed E-state index contributed by atoms with van der Waals surface area (Å²) in [6.45, 7) is 8.93. The molecule has 1 unspecified atom stereocenters. The van der Waals surface area contributed by atoms with E-state index in [9.17, 15) is 9.59 Å². The molecule has 2 nitrogen and oxygen atoms in total. The minimum atomic E-state index is 0.0449. The van der Waals surface area contributed by atoms with E-state index in [1.54, 1.807) is 45.3 Å². The summed E-state index contributed by atoms with van der Waals surface area (Å²) in [6.07, 6.45) is 11.6. The fourth-order valence-electron chi connectivity index (χ4n) is 5.97. The minimum absolute atomic E-state index is 0.0449. The van der Waals surface area contributed by atoms with Crippen LogP contribution in [0.25, 0.3) is 19.5 Å². The fraction of sp³-hybridized carbons (Fsp3) is 0.471. The van der Waals surface area contributed by atoms with Gasteiger partial charge in [0.05, 0.1) is 28.5 Å². The molecular formula is C34H38Br2O2S4. The first-order valence-corrected chi connectivity index (χ1v) is 20.0. The highest BCUT2D eigenvalue weighted by Crippen LogP contribution is 2.52. The summed E-state index contributed by atoms with van der Waals surface area (Å²) in [5.74, 6) is 1.06. The number of thiophene rings is 4. The Kier molecular flexibility index (Phi) is 11.2. The highest BCUT2D eigenvalue weighted by molar-refractivity contribution is 9.11. The van der Waals surface area contributed by atoms with E-state index >= 15 is 0 Å². The molecule has 4 aromatic rings. The van der Waals surface area contributed by atoms with Gasteiger partial charge in [-0.2, -0.15) is 0 Å². The molecule has 1 atom stereocenters. The standard InChI is InChI=1S/C34H38Br2O2S4/c1-5-7-9-10-12-20(11-8-6-2)18-24-28-27(23(39-24)17-19(3)4)31(37)29-30(32(28)38)34(22-14-16-26(36)41-22)42-33(29)21-13-15-25(35)40-21/h13-16,19-20H,5-12,17-18H2,1-4H3. The molecule has 0 aromatic carbocycles. The molecule has 4 aromatic heterocycles. The predicted molar refractivity (Wildman–Crippen MR) is 192 cm³/mol. The average Bonchev–Trinajstić information content (AvgIpc) is 3.73. The number of unbranched alkanes of at least 4 members (excludes halogenated alkanes) is 4. The Bertz CT molecular complexity index is 1570. The molecule has 0 spiro atoms. The molecule has 42 heavy (non-hydrogen) atoms. The van der Waals surface area contributed by atoms with Gasteiger partial charge in [0.25, 0.3) is 0 Å². The maximum atomic E-state index is 14.8. The van der Waals surface area contributed by atoms with Crippen LogP contribution in [0.2, 0.25) is 0 Å². The van der Waals surface area contributed by atoms with Crippen molar-refractivity contribution in [3.8, 4) is 19.5 Å². The Morgan fingerprint density at radius 2 is 1.14 bits per heavy atom. The molecule has 0 fully saturated rings. The number of hydrogen-bond acceptors (Lipinski definition) is 6. The van der Waals surface area contributed by atoms with E-state index in [2.05, 4.69) is 71.7 Å². The van der Waals surface area contributed by atoms with Gasteiger partial charge in [0.1, 0.15) is 0 Å². The summed E-state index contributed by atoms with van der Waals surface area (Å²) in [6, 6.07) is 8.19. The number of rotatable bonds is 14. The lowest BCUT2D eigenvalue weighted by atomic mass is 9.81. The van der Waals surface area contributed by atoms with E-state index in [0.29, 0.717) is 28.5 Å². The van der Waals surface area contributed by atoms with Crippen molar-refractivity contribution in [2.45, 2.75) is 91.9 Å². The molecule has 0 radical (unpaired) electrons. The van der Waals surface area contributed by atoms with Crippen LogP contribution in [0.4, 0.5) is 0 Å². The Hall–Kier alpha value is -0.900. The molecule has 1 aliphatic carbocycles. The van der Waals surface area contributed by atoms with Gasteiger partial charge in [-0.3, -0.25) is 9.59 Å². The Balaban J connectivity index is 1.64. The Morgan fingerprint density at radius 1 is 0.619 bits per heavy atom. The smallest absolute Gasteiger partial charge is 0.197 e. The molecule has 4 heterocycles. The summed E-state index contributed by atoms with van der Waals surface area (Å²) in [5.41, 5.74) is 2.66. The van der Waals surface area contributed by atoms with Crippen molar-refractivity contribution >= 4 is 88.8 Å². The van der Waals surface area contributed by atoms with Gasteiger partial charge in [0.2, 0.25) is 0 Å². The number of ketones is 2. The van der Waals surface area contributed by atoms with Crippen molar-refractivity contribution in [1.29, 1.82) is 0 Å². The third-order valence-corrected chi connectivity index (χ3v) is 14.0. The second-order valence-electron chi connectivity index (χ2n) is 11.7. The van der Waals surface area contributed by atoms with Crippen LogP contribution in [-0.2, 0) is 12.8 Å². The molecule has 0 amide bonds. The zero-order valence-corrected chi connectivity index (χ0v) is 31.2. The van der Waals surface area contributed by atoms with Crippen molar-refractivity contribution in [3.05, 3.63) is 63.8 Å². The van der Waals surface area contributed by atoms with Crippen LogP contribution in [-0.4, -0.2) is 11.6 Å². The van der Waals surface area contributed by atoms with Gasteiger partial charge >= 0.3 is 0 Å². The van der Waals surface area contributed by atoms with Crippen LogP contribution in [0, 0.1) is 11.8 Å². The van der Waals surface area contributed by atoms with E-state index in [1.165, 1.54) is 51.4 Å². The molecule has 1 aliphatic rings. The summed E-state index contributed by atoms with van der Waals surface area (Å²) >= 11 is 13.8. The van der Waals surface area contributed by atoms with Gasteiger partial charge in [-0.15, -0.1) is 45.3 Å². The molecule has 5 rings (SSSR count). The molecule has 224 valence electrons. The summed E-state index contributed by atoms with van der Waals surface area (Å²) in [4.78, 5) is 35.6. The van der Waals surface area contributed by atoms with Gasteiger partial charge in [-0.1, -0.05) is 79.1 Å². The predicted octanol–water partition coefficient (Wildman–Crippen LogP) is 13.1. The van der Waals surface area contributed by atoms with E-state index in [1.807, 2.05) is 12.1 Å². The zero-order chi connectivity index (χ0) is 30.0. The van der Waals surface area contributed by atoms with E-state index in [-0.39, 0.29) is 11.6 Å². The molecule has 8 heteroatoms. The van der Waals surface area contributed by atoms with Crippen LogP contribution < -0.4 is 0 Å². The molecule has 0 N–H and O–H groups in total. The van der Waals surface area contributed by atoms with E-state index in [0.717, 1.165) is 55.2 Å². The molecular weight excluding hydrogens is 728 g/mol. The first kappa shape index (κ1) is 32.5. The minimum Gasteiger partial charge on any atom is -0.288 e. The topological polar surface area (TPSA) is 34.1 Å². The van der Waals surface area contributed by atoms with Crippen molar-refractivity contribution in [2.75, 3.05) is 0 Å². The van der Waals surface area contributed by atoms with Gasteiger partial charge in [0.15, 0.2) is 11.6 Å². The van der Waals surface area contributed by atoms with Crippen molar-refractivity contribution in [3.63, 3.8) is 0 Å². The first-order valence-electron chi connectivity index (χ1n) is 15.1. The van der Waals surface area contributed by atoms with Crippen LogP contribution in [0.15, 0.2) is 31.8 Å². The highest BCUT2D eigenvalue weighted by Gasteiger charge is 2.41. The Labute approximate surface area is 283 Å². The molecule has 0 bridgehead atoms. The van der Waals surface area contributed by atoms with E-state index in [4.69, 9.17) is 0 Å². The number of halogens is 2. The first-order chi connectivity index (χ1) is 20.2. The van der Waals surface area contributed by atoms with Gasteiger partial charge in [-0.05, 0) is 80.8 Å². The van der Waals surface area contributed by atoms with E-state index < -0.39 is 0 Å². The fourth-order valence-corrected chi connectivity index (χ4v) is 11.9. The van der Waals surface area contributed by atoms with Gasteiger partial charge < -0.3 is 0 Å². The second kappa shape index (κ2) is 14.5. The number of fused-ring (bicyclic) bond motifs is 2. The van der Waals surface area contributed by atoms with Crippen molar-refractivity contribution in [2.24, 2.45) is 11.8 Å². The summed E-state index contributed by atoms with van der Waals surface area (Å²) in [5, 5.41) is 0. The number of hydrogen-bond donors (Lipinski definition) is 0. The molecule has 0 saturated heterocycles. The second-order valence-corrected chi connectivity index (χ2v) is 18.9. The van der Waals surface area contributed by atoms with Crippen LogP contribution in [0.3, 0.4) is 0 Å². The zero-order valence-electron chi connectivity index (χ0n) is 24.7. The van der Waals surface area contributed by atoms with Gasteiger partial charge in [-0.25, -0.2) is 0 Å². The lowest BCUT2D eigenvalue weighted by Gasteiger charge is -2.19. The van der Waals surface area contributed by atoms with Crippen LogP contribution in [0.1, 0.15) is 121 Å². The maximum absolute atomic E-state index is 14.8. The highest BCUT2D eigenvalue weighted by atomic mass is 79.9. The SMILES string of the molecule is CCCCCCC(CCCC)Cc1sc(CC(C)C)c2c1C(=O)c1c(-c3ccc(Br)s3)sc(-c3ccc(Br)s3)c1C2=O. The number of carbonyl (C=O) groups is 2. The van der Waals surface area contributed by atoms with Crippen molar-refractivity contribution < 1.29 is 9.59 Å².